The molecule has 2 aromatic rings. The topological polar surface area (TPSA) is 90.9 Å². The van der Waals surface area contributed by atoms with Gasteiger partial charge in [-0.3, -0.25) is 4.79 Å². The van der Waals surface area contributed by atoms with Crippen LogP contribution in [0.4, 0.5) is 5.00 Å². The van der Waals surface area contributed by atoms with E-state index < -0.39 is 24.5 Å². The van der Waals surface area contributed by atoms with Crippen molar-refractivity contribution in [2.75, 3.05) is 32.2 Å². The summed E-state index contributed by atoms with van der Waals surface area (Å²) < 4.78 is 14.5. The van der Waals surface area contributed by atoms with Gasteiger partial charge in [-0.1, -0.05) is 23.7 Å². The Morgan fingerprint density at radius 3 is 2.44 bits per heavy atom. The first-order valence-corrected chi connectivity index (χ1v) is 9.21. The van der Waals surface area contributed by atoms with Gasteiger partial charge in [0.25, 0.3) is 5.91 Å². The van der Waals surface area contributed by atoms with Gasteiger partial charge in [-0.05, 0) is 24.6 Å². The van der Waals surface area contributed by atoms with Crippen LogP contribution in [0, 0.1) is 0 Å². The maximum absolute atomic E-state index is 12.4. The van der Waals surface area contributed by atoms with Gasteiger partial charge in [-0.15, -0.1) is 11.3 Å². The van der Waals surface area contributed by atoms with E-state index in [1.165, 1.54) is 18.4 Å². The molecular weight excluding hydrogens is 394 g/mol. The van der Waals surface area contributed by atoms with Crippen LogP contribution in [0.2, 0.25) is 5.02 Å². The first-order valence-electron chi connectivity index (χ1n) is 7.95. The highest BCUT2D eigenvalue weighted by atomic mass is 35.5. The van der Waals surface area contributed by atoms with Gasteiger partial charge in [0.05, 0.1) is 6.61 Å². The van der Waals surface area contributed by atoms with Gasteiger partial charge in [0.15, 0.2) is 6.61 Å². The number of ether oxygens (including phenoxy) is 3. The lowest BCUT2D eigenvalue weighted by Gasteiger charge is -2.09. The van der Waals surface area contributed by atoms with E-state index in [-0.39, 0.29) is 18.8 Å². The largest absolute Gasteiger partial charge is 0.462 e. The summed E-state index contributed by atoms with van der Waals surface area (Å²) in [5.74, 6) is -1.80. The predicted molar refractivity (Wildman–Crippen MR) is 102 cm³/mol. The number of rotatable bonds is 8. The minimum absolute atomic E-state index is 0.191. The highest BCUT2D eigenvalue weighted by molar-refractivity contribution is 7.15. The third-order valence-corrected chi connectivity index (χ3v) is 4.45. The summed E-state index contributed by atoms with van der Waals surface area (Å²) >= 11 is 7.08. The van der Waals surface area contributed by atoms with E-state index in [9.17, 15) is 14.4 Å². The molecule has 0 saturated carbocycles. The number of amides is 1. The summed E-state index contributed by atoms with van der Waals surface area (Å²) in [5.41, 5.74) is 1.60. The molecule has 1 amide bonds. The molecule has 0 bridgehead atoms. The van der Waals surface area contributed by atoms with Crippen molar-refractivity contribution in [2.45, 2.75) is 6.92 Å². The van der Waals surface area contributed by atoms with E-state index >= 15 is 0 Å². The average Bonchev–Trinajstić information content (AvgIpc) is 3.04. The average molecular weight is 412 g/mol. The first kappa shape index (κ1) is 20.9. The molecule has 0 fully saturated rings. The third-order valence-electron chi connectivity index (χ3n) is 3.31. The minimum Gasteiger partial charge on any atom is -0.462 e. The number of anilines is 1. The summed E-state index contributed by atoms with van der Waals surface area (Å²) in [6.45, 7) is 1.15. The Balaban J connectivity index is 2.23. The second-order valence-electron chi connectivity index (χ2n) is 5.22. The normalized spacial score (nSPS) is 10.3. The van der Waals surface area contributed by atoms with Crippen molar-refractivity contribution < 1.29 is 28.6 Å². The van der Waals surface area contributed by atoms with E-state index in [1.807, 2.05) is 0 Å². The lowest BCUT2D eigenvalue weighted by Crippen LogP contribution is -2.23. The zero-order chi connectivity index (χ0) is 19.8. The molecule has 0 aliphatic carbocycles. The summed E-state index contributed by atoms with van der Waals surface area (Å²) in [4.78, 5) is 35.7. The molecule has 1 aromatic carbocycles. The van der Waals surface area contributed by atoms with Crippen LogP contribution in [0.5, 0.6) is 0 Å². The zero-order valence-corrected chi connectivity index (χ0v) is 16.3. The van der Waals surface area contributed by atoms with Crippen molar-refractivity contribution in [3.05, 3.63) is 40.2 Å². The SMILES string of the molecule is CCOC(=O)c1c(-c2ccc(Cl)cc2)csc1NC(=O)COC(=O)COC. The molecule has 0 saturated heterocycles. The molecule has 0 radical (unpaired) electrons. The monoisotopic (exact) mass is 411 g/mol. The Morgan fingerprint density at radius 1 is 1.11 bits per heavy atom. The molecule has 27 heavy (non-hydrogen) atoms. The van der Waals surface area contributed by atoms with Gasteiger partial charge < -0.3 is 19.5 Å². The van der Waals surface area contributed by atoms with Crippen LogP contribution in [0.15, 0.2) is 29.6 Å². The summed E-state index contributed by atoms with van der Waals surface area (Å²) in [6, 6.07) is 6.95. The fourth-order valence-corrected chi connectivity index (χ4v) is 3.27. The molecule has 0 atom stereocenters. The molecule has 1 N–H and O–H groups in total. The van der Waals surface area contributed by atoms with Crippen molar-refractivity contribution in [1.29, 1.82) is 0 Å². The van der Waals surface area contributed by atoms with Crippen LogP contribution in [-0.2, 0) is 23.8 Å². The molecule has 9 heteroatoms. The Hall–Kier alpha value is -2.42. The van der Waals surface area contributed by atoms with Crippen molar-refractivity contribution >= 4 is 45.8 Å². The van der Waals surface area contributed by atoms with Gasteiger partial charge in [0.2, 0.25) is 0 Å². The van der Waals surface area contributed by atoms with E-state index in [2.05, 4.69) is 10.1 Å². The highest BCUT2D eigenvalue weighted by Gasteiger charge is 2.23. The number of methoxy groups -OCH3 is 1. The van der Waals surface area contributed by atoms with Crippen molar-refractivity contribution in [3.63, 3.8) is 0 Å². The van der Waals surface area contributed by atoms with Gasteiger partial charge >= 0.3 is 11.9 Å². The van der Waals surface area contributed by atoms with Crippen molar-refractivity contribution in [3.8, 4) is 11.1 Å². The molecule has 144 valence electrons. The van der Waals surface area contributed by atoms with Crippen LogP contribution in [-0.4, -0.2) is 44.8 Å². The van der Waals surface area contributed by atoms with Crippen LogP contribution < -0.4 is 5.32 Å². The second kappa shape index (κ2) is 10.1. The molecule has 0 aliphatic rings. The minimum atomic E-state index is -0.661. The smallest absolute Gasteiger partial charge is 0.341 e. The Morgan fingerprint density at radius 2 is 1.81 bits per heavy atom. The molecule has 2 rings (SSSR count). The number of thiophene rings is 1. The molecule has 1 aromatic heterocycles. The highest BCUT2D eigenvalue weighted by Crippen LogP contribution is 2.36. The molecular formula is C18H18ClNO6S. The lowest BCUT2D eigenvalue weighted by molar-refractivity contribution is -0.150. The van der Waals surface area contributed by atoms with Crippen LogP contribution in [0.1, 0.15) is 17.3 Å². The molecule has 0 aliphatic heterocycles. The lowest BCUT2D eigenvalue weighted by atomic mass is 10.0. The van der Waals surface area contributed by atoms with Crippen molar-refractivity contribution in [2.24, 2.45) is 0 Å². The zero-order valence-electron chi connectivity index (χ0n) is 14.7. The van der Waals surface area contributed by atoms with E-state index in [1.54, 1.807) is 36.6 Å². The number of nitrogens with one attached hydrogen (secondary N) is 1. The number of carbonyl (C=O) groups excluding carboxylic acids is 3. The fraction of sp³-hybridized carbons (Fsp3) is 0.278. The van der Waals surface area contributed by atoms with E-state index in [0.717, 1.165) is 5.56 Å². The standard InChI is InChI=1S/C18H18ClNO6S/c1-3-25-18(23)16-13(11-4-6-12(19)7-5-11)10-27-17(16)20-14(21)8-26-15(22)9-24-2/h4-7,10H,3,8-9H2,1-2H3,(H,20,21). The van der Waals surface area contributed by atoms with Gasteiger partial charge in [0, 0.05) is 23.1 Å². The number of benzene rings is 1. The fourth-order valence-electron chi connectivity index (χ4n) is 2.17. The van der Waals surface area contributed by atoms with Crippen LogP contribution in [0.3, 0.4) is 0 Å². The maximum Gasteiger partial charge on any atom is 0.341 e. The van der Waals surface area contributed by atoms with Gasteiger partial charge in [-0.2, -0.15) is 0 Å². The number of hydrogen-bond donors (Lipinski definition) is 1. The predicted octanol–water partition coefficient (Wildman–Crippen LogP) is 3.37. The molecule has 0 spiro atoms. The quantitative estimate of drug-likeness (QED) is 0.669. The molecule has 1 heterocycles. The third kappa shape index (κ3) is 5.78. The van der Waals surface area contributed by atoms with Gasteiger partial charge in [-0.25, -0.2) is 9.59 Å². The van der Waals surface area contributed by atoms with Crippen LogP contribution >= 0.6 is 22.9 Å². The first-order chi connectivity index (χ1) is 13.0. The number of esters is 2. The Bertz CT molecular complexity index is 818. The summed E-state index contributed by atoms with van der Waals surface area (Å²) in [6.07, 6.45) is 0. The van der Waals surface area contributed by atoms with E-state index in [4.69, 9.17) is 21.1 Å². The molecule has 7 nitrogen and oxygen atoms in total. The van der Waals surface area contributed by atoms with E-state index in [0.29, 0.717) is 15.6 Å². The van der Waals surface area contributed by atoms with Crippen molar-refractivity contribution in [1.82, 2.24) is 0 Å². The second-order valence-corrected chi connectivity index (χ2v) is 6.54. The number of carbonyl (C=O) groups is 3. The number of hydrogen-bond acceptors (Lipinski definition) is 7. The molecule has 0 unspecified atom stereocenters. The number of halogens is 1. The van der Waals surface area contributed by atoms with Gasteiger partial charge in [0.1, 0.15) is 17.2 Å². The Labute approximate surface area is 165 Å². The maximum atomic E-state index is 12.4. The van der Waals surface area contributed by atoms with Crippen LogP contribution in [0.25, 0.3) is 11.1 Å². The summed E-state index contributed by atoms with van der Waals surface area (Å²) in [5, 5.41) is 5.20. The summed E-state index contributed by atoms with van der Waals surface area (Å²) in [7, 11) is 1.34. The Kier molecular flexibility index (Phi) is 7.78.